The van der Waals surface area contributed by atoms with Gasteiger partial charge in [0.25, 0.3) is 0 Å². The standard InChI is InChI=1S/C16H27NO2/c1-2-15(6-5-11-17-9-3-4-10-17)7-8-16-14-18-12-13-19-16/h7-8H,2-6,9-14H2,1H3/b15-7+,16-8+. The van der Waals surface area contributed by atoms with E-state index in [4.69, 9.17) is 9.47 Å². The van der Waals surface area contributed by atoms with Crippen LogP contribution in [-0.2, 0) is 9.47 Å². The van der Waals surface area contributed by atoms with Gasteiger partial charge in [-0.05, 0) is 57.8 Å². The smallest absolute Gasteiger partial charge is 0.122 e. The van der Waals surface area contributed by atoms with Gasteiger partial charge in [0.2, 0.25) is 0 Å². The third kappa shape index (κ3) is 5.37. The normalized spacial score (nSPS) is 23.8. The fourth-order valence-corrected chi connectivity index (χ4v) is 2.67. The Bertz CT molecular complexity index is 309. The molecule has 0 spiro atoms. The van der Waals surface area contributed by atoms with Gasteiger partial charge >= 0.3 is 0 Å². The minimum Gasteiger partial charge on any atom is -0.493 e. The molecule has 0 aromatic rings. The molecule has 0 unspecified atom stereocenters. The number of hydrogen-bond donors (Lipinski definition) is 0. The number of hydrogen-bond acceptors (Lipinski definition) is 3. The van der Waals surface area contributed by atoms with E-state index in [0.717, 1.165) is 18.8 Å². The molecule has 3 heteroatoms. The quantitative estimate of drug-likeness (QED) is 0.736. The van der Waals surface area contributed by atoms with Crippen molar-refractivity contribution in [1.82, 2.24) is 4.90 Å². The molecule has 2 aliphatic heterocycles. The Morgan fingerprint density at radius 2 is 2.11 bits per heavy atom. The van der Waals surface area contributed by atoms with Gasteiger partial charge in [0.1, 0.15) is 19.0 Å². The molecule has 2 fully saturated rings. The largest absolute Gasteiger partial charge is 0.493 e. The Kier molecular flexibility index (Phi) is 6.45. The summed E-state index contributed by atoms with van der Waals surface area (Å²) < 4.78 is 10.9. The van der Waals surface area contributed by atoms with Crippen molar-refractivity contribution in [2.24, 2.45) is 0 Å². The Balaban J connectivity index is 1.71. The molecule has 0 radical (unpaired) electrons. The fraction of sp³-hybridized carbons (Fsp3) is 0.750. The summed E-state index contributed by atoms with van der Waals surface area (Å²) in [5.41, 5.74) is 1.51. The van der Waals surface area contributed by atoms with E-state index in [2.05, 4.69) is 24.0 Å². The highest BCUT2D eigenvalue weighted by atomic mass is 16.6. The van der Waals surface area contributed by atoms with Crippen LogP contribution in [0.25, 0.3) is 0 Å². The SMILES string of the molecule is CC/C(=C\C=C1/COCCO1)CCCN1CCCC1. The van der Waals surface area contributed by atoms with E-state index < -0.39 is 0 Å². The third-order valence-corrected chi connectivity index (χ3v) is 3.89. The maximum Gasteiger partial charge on any atom is 0.122 e. The Morgan fingerprint density at radius 1 is 1.26 bits per heavy atom. The zero-order chi connectivity index (χ0) is 13.3. The highest BCUT2D eigenvalue weighted by molar-refractivity contribution is 5.15. The lowest BCUT2D eigenvalue weighted by molar-refractivity contribution is 0.0135. The van der Waals surface area contributed by atoms with Crippen LogP contribution in [0.5, 0.6) is 0 Å². The summed E-state index contributed by atoms with van der Waals surface area (Å²) in [5.74, 6) is 0.969. The Morgan fingerprint density at radius 3 is 2.79 bits per heavy atom. The first kappa shape index (κ1) is 14.6. The first-order valence-electron chi connectivity index (χ1n) is 7.70. The zero-order valence-corrected chi connectivity index (χ0v) is 12.2. The monoisotopic (exact) mass is 265 g/mol. The van der Waals surface area contributed by atoms with Gasteiger partial charge in [-0.25, -0.2) is 0 Å². The molecule has 108 valence electrons. The van der Waals surface area contributed by atoms with E-state index in [1.807, 2.05) is 0 Å². The van der Waals surface area contributed by atoms with E-state index >= 15 is 0 Å². The molecule has 0 atom stereocenters. The van der Waals surface area contributed by atoms with Crippen LogP contribution < -0.4 is 0 Å². The predicted molar refractivity (Wildman–Crippen MR) is 78.1 cm³/mol. The van der Waals surface area contributed by atoms with Crippen LogP contribution in [0, 0.1) is 0 Å². The van der Waals surface area contributed by atoms with Gasteiger partial charge < -0.3 is 14.4 Å². The topological polar surface area (TPSA) is 21.7 Å². The van der Waals surface area contributed by atoms with Crippen molar-refractivity contribution in [3.63, 3.8) is 0 Å². The van der Waals surface area contributed by atoms with E-state index in [0.29, 0.717) is 13.2 Å². The van der Waals surface area contributed by atoms with E-state index in [9.17, 15) is 0 Å². The van der Waals surface area contributed by atoms with Crippen LogP contribution in [0.15, 0.2) is 23.5 Å². The number of allylic oxidation sites excluding steroid dienone is 3. The van der Waals surface area contributed by atoms with Crippen LogP contribution in [0.4, 0.5) is 0 Å². The summed E-state index contributed by atoms with van der Waals surface area (Å²) in [6, 6.07) is 0. The molecule has 2 aliphatic rings. The number of ether oxygens (including phenoxy) is 2. The average Bonchev–Trinajstić information content (AvgIpc) is 2.97. The van der Waals surface area contributed by atoms with Crippen molar-refractivity contribution >= 4 is 0 Å². The molecule has 0 aromatic heterocycles. The molecule has 3 nitrogen and oxygen atoms in total. The van der Waals surface area contributed by atoms with Gasteiger partial charge in [0.15, 0.2) is 0 Å². The highest BCUT2D eigenvalue weighted by Gasteiger charge is 2.10. The van der Waals surface area contributed by atoms with Gasteiger partial charge in [0.05, 0.1) is 6.61 Å². The number of rotatable bonds is 6. The van der Waals surface area contributed by atoms with Gasteiger partial charge in [-0.2, -0.15) is 0 Å². The zero-order valence-electron chi connectivity index (χ0n) is 12.2. The predicted octanol–water partition coefficient (Wildman–Crippen LogP) is 3.13. The second-order valence-electron chi connectivity index (χ2n) is 5.36. The summed E-state index contributed by atoms with van der Waals surface area (Å²) in [7, 11) is 0. The summed E-state index contributed by atoms with van der Waals surface area (Å²) in [6.07, 6.45) is 10.7. The van der Waals surface area contributed by atoms with Crippen molar-refractivity contribution < 1.29 is 9.47 Å². The lowest BCUT2D eigenvalue weighted by atomic mass is 10.1. The second-order valence-corrected chi connectivity index (χ2v) is 5.36. The molecular weight excluding hydrogens is 238 g/mol. The van der Waals surface area contributed by atoms with Crippen molar-refractivity contribution in [2.45, 2.75) is 39.0 Å². The van der Waals surface area contributed by atoms with E-state index in [1.165, 1.54) is 50.9 Å². The van der Waals surface area contributed by atoms with Gasteiger partial charge in [-0.3, -0.25) is 0 Å². The molecule has 19 heavy (non-hydrogen) atoms. The van der Waals surface area contributed by atoms with Crippen LogP contribution in [-0.4, -0.2) is 44.4 Å². The Hall–Kier alpha value is -0.800. The molecule has 0 aromatic carbocycles. The van der Waals surface area contributed by atoms with Crippen molar-refractivity contribution in [3.8, 4) is 0 Å². The summed E-state index contributed by atoms with van der Waals surface area (Å²) in [5, 5.41) is 0. The summed E-state index contributed by atoms with van der Waals surface area (Å²) in [6.45, 7) is 8.14. The van der Waals surface area contributed by atoms with Gasteiger partial charge in [-0.1, -0.05) is 18.6 Å². The molecule has 0 N–H and O–H groups in total. The van der Waals surface area contributed by atoms with Crippen LogP contribution >= 0.6 is 0 Å². The highest BCUT2D eigenvalue weighted by Crippen LogP contribution is 2.14. The fourth-order valence-electron chi connectivity index (χ4n) is 2.67. The minimum absolute atomic E-state index is 0.626. The molecule has 0 bridgehead atoms. The Labute approximate surface area is 117 Å². The molecule has 2 rings (SSSR count). The second kappa shape index (κ2) is 8.39. The first-order chi connectivity index (χ1) is 9.38. The van der Waals surface area contributed by atoms with Crippen LogP contribution in [0.2, 0.25) is 0 Å². The van der Waals surface area contributed by atoms with Gasteiger partial charge in [0, 0.05) is 0 Å². The maximum absolute atomic E-state index is 5.54. The molecule has 2 heterocycles. The van der Waals surface area contributed by atoms with Crippen molar-refractivity contribution in [2.75, 3.05) is 39.5 Å². The lowest BCUT2D eigenvalue weighted by Gasteiger charge is -2.16. The first-order valence-corrected chi connectivity index (χ1v) is 7.70. The molecule has 0 aliphatic carbocycles. The van der Waals surface area contributed by atoms with Crippen molar-refractivity contribution in [1.29, 1.82) is 0 Å². The third-order valence-electron chi connectivity index (χ3n) is 3.89. The molecule has 0 amide bonds. The molecule has 0 saturated carbocycles. The number of likely N-dealkylation sites (tertiary alicyclic amines) is 1. The van der Waals surface area contributed by atoms with Crippen molar-refractivity contribution in [3.05, 3.63) is 23.5 Å². The van der Waals surface area contributed by atoms with Gasteiger partial charge in [-0.15, -0.1) is 0 Å². The van der Waals surface area contributed by atoms with E-state index in [1.54, 1.807) is 0 Å². The lowest BCUT2D eigenvalue weighted by Crippen LogP contribution is -2.20. The van der Waals surface area contributed by atoms with E-state index in [-0.39, 0.29) is 0 Å². The molecular formula is C16H27NO2. The summed E-state index contributed by atoms with van der Waals surface area (Å²) in [4.78, 5) is 2.59. The maximum atomic E-state index is 5.54. The average molecular weight is 265 g/mol. The summed E-state index contributed by atoms with van der Waals surface area (Å²) >= 11 is 0. The number of nitrogens with zero attached hydrogens (tertiary/aromatic N) is 1. The minimum atomic E-state index is 0.626. The molecule has 2 saturated heterocycles. The van der Waals surface area contributed by atoms with Crippen LogP contribution in [0.1, 0.15) is 39.0 Å². The van der Waals surface area contributed by atoms with Crippen LogP contribution in [0.3, 0.4) is 0 Å².